The van der Waals surface area contributed by atoms with Gasteiger partial charge in [-0.3, -0.25) is 4.79 Å². The Balaban J connectivity index is 1.62. The first-order valence-corrected chi connectivity index (χ1v) is 9.22. The molecule has 0 radical (unpaired) electrons. The van der Waals surface area contributed by atoms with Crippen LogP contribution in [-0.2, 0) is 11.2 Å². The van der Waals surface area contributed by atoms with Gasteiger partial charge in [0, 0.05) is 22.0 Å². The highest BCUT2D eigenvalue weighted by Gasteiger charge is 2.12. The number of ether oxygens (including phenoxy) is 1. The number of rotatable bonds is 6. The van der Waals surface area contributed by atoms with Crippen LogP contribution in [0.4, 0.5) is 14.5 Å². The normalized spacial score (nSPS) is 10.9. The molecule has 1 amide bonds. The fraction of sp³-hybridized carbons (Fsp3) is 0.125. The first-order valence-electron chi connectivity index (χ1n) is 7.02. The van der Waals surface area contributed by atoms with Gasteiger partial charge in [-0.2, -0.15) is 20.1 Å². The predicted molar refractivity (Wildman–Crippen MR) is 95.8 cm³/mol. The van der Waals surface area contributed by atoms with Crippen molar-refractivity contribution in [2.24, 2.45) is 0 Å². The first kappa shape index (κ1) is 17.8. The van der Waals surface area contributed by atoms with E-state index in [9.17, 15) is 13.6 Å². The van der Waals surface area contributed by atoms with E-state index in [4.69, 9.17) is 11.6 Å². The highest BCUT2D eigenvalue weighted by atomic mass is 35.5. The van der Waals surface area contributed by atoms with Crippen LogP contribution in [0.1, 0.15) is 5.69 Å². The van der Waals surface area contributed by atoms with Gasteiger partial charge >= 0.3 is 6.61 Å². The molecule has 9 heteroatoms. The van der Waals surface area contributed by atoms with Crippen LogP contribution in [0.25, 0.3) is 10.6 Å². The van der Waals surface area contributed by atoms with Crippen LogP contribution in [0, 0.1) is 0 Å². The highest BCUT2D eigenvalue weighted by Crippen LogP contribution is 2.29. The lowest BCUT2D eigenvalue weighted by Gasteiger charge is -2.09. The summed E-state index contributed by atoms with van der Waals surface area (Å²) >= 11 is 8.91. The molecule has 0 spiro atoms. The molecule has 1 aromatic carbocycles. The monoisotopic (exact) mass is 400 g/mol. The Hall–Kier alpha value is -2.03. The molecule has 0 bridgehead atoms. The summed E-state index contributed by atoms with van der Waals surface area (Å²) in [5.74, 6) is -0.421. The Kier molecular flexibility index (Phi) is 5.62. The van der Waals surface area contributed by atoms with Crippen LogP contribution in [0.3, 0.4) is 0 Å². The van der Waals surface area contributed by atoms with Gasteiger partial charge in [-0.1, -0.05) is 11.6 Å². The SMILES string of the molecule is O=C(Cc1csc(-c2ccsc2)n1)Nc1ccc(OC(F)F)c(Cl)c1. The Labute approximate surface area is 155 Å². The predicted octanol–water partition coefficient (Wildman–Crippen LogP) is 5.31. The standard InChI is InChI=1S/C16H11ClF2N2O2S2/c17-12-5-10(1-2-13(12)23-16(18)19)20-14(22)6-11-8-25-15(21-11)9-3-4-24-7-9/h1-5,7-8,16H,6H2,(H,20,22). The lowest BCUT2D eigenvalue weighted by Crippen LogP contribution is -2.14. The average Bonchev–Trinajstić information content (AvgIpc) is 3.20. The highest BCUT2D eigenvalue weighted by molar-refractivity contribution is 7.14. The summed E-state index contributed by atoms with van der Waals surface area (Å²) < 4.78 is 28.7. The minimum absolute atomic E-state index is 0.00787. The minimum Gasteiger partial charge on any atom is -0.433 e. The van der Waals surface area contributed by atoms with Gasteiger partial charge in [-0.15, -0.1) is 11.3 Å². The van der Waals surface area contributed by atoms with Crippen molar-refractivity contribution >= 4 is 45.9 Å². The number of nitrogens with zero attached hydrogens (tertiary/aromatic N) is 1. The van der Waals surface area contributed by atoms with Crippen LogP contribution in [0.15, 0.2) is 40.4 Å². The van der Waals surface area contributed by atoms with Crippen molar-refractivity contribution in [2.45, 2.75) is 13.0 Å². The van der Waals surface area contributed by atoms with E-state index in [-0.39, 0.29) is 23.1 Å². The largest absolute Gasteiger partial charge is 0.433 e. The van der Waals surface area contributed by atoms with Crippen LogP contribution in [0.2, 0.25) is 5.02 Å². The Morgan fingerprint density at radius 1 is 1.32 bits per heavy atom. The van der Waals surface area contributed by atoms with Crippen LogP contribution in [0.5, 0.6) is 5.75 Å². The molecular weight excluding hydrogens is 390 g/mol. The summed E-state index contributed by atoms with van der Waals surface area (Å²) in [7, 11) is 0. The van der Waals surface area contributed by atoms with Gasteiger partial charge in [0.15, 0.2) is 0 Å². The number of hydrogen-bond donors (Lipinski definition) is 1. The Morgan fingerprint density at radius 3 is 2.84 bits per heavy atom. The third-order valence-corrected chi connectivity index (χ3v) is 5.01. The minimum atomic E-state index is -2.96. The van der Waals surface area contributed by atoms with E-state index in [1.165, 1.54) is 29.5 Å². The van der Waals surface area contributed by atoms with E-state index in [1.54, 1.807) is 11.3 Å². The second-order valence-electron chi connectivity index (χ2n) is 4.90. The third-order valence-electron chi connectivity index (χ3n) is 3.09. The molecule has 2 aromatic heterocycles. The molecule has 130 valence electrons. The molecule has 3 rings (SSSR count). The number of aromatic nitrogens is 1. The van der Waals surface area contributed by atoms with E-state index >= 15 is 0 Å². The number of thiophene rings is 1. The molecule has 4 nitrogen and oxygen atoms in total. The molecule has 0 aliphatic rings. The summed E-state index contributed by atoms with van der Waals surface area (Å²) in [5.41, 5.74) is 2.08. The maximum absolute atomic E-state index is 12.2. The van der Waals surface area contributed by atoms with E-state index in [2.05, 4.69) is 15.0 Å². The Morgan fingerprint density at radius 2 is 2.16 bits per heavy atom. The summed E-state index contributed by atoms with van der Waals surface area (Å²) in [6.45, 7) is -2.96. The maximum Gasteiger partial charge on any atom is 0.387 e. The fourth-order valence-corrected chi connectivity index (χ4v) is 3.80. The first-order chi connectivity index (χ1) is 12.0. The number of halogens is 3. The van der Waals surface area contributed by atoms with Gasteiger partial charge in [-0.05, 0) is 29.6 Å². The average molecular weight is 401 g/mol. The number of carbonyl (C=O) groups excluding carboxylic acids is 1. The van der Waals surface area contributed by atoms with Gasteiger partial charge in [0.05, 0.1) is 17.1 Å². The van der Waals surface area contributed by atoms with Crippen LogP contribution in [-0.4, -0.2) is 17.5 Å². The molecule has 0 saturated carbocycles. The number of thiazole rings is 1. The molecule has 2 heterocycles. The Bertz CT molecular complexity index is 869. The third kappa shape index (κ3) is 4.75. The lowest BCUT2D eigenvalue weighted by molar-refractivity contribution is -0.115. The summed E-state index contributed by atoms with van der Waals surface area (Å²) in [6, 6.07) is 6.05. The molecular formula is C16H11ClF2N2O2S2. The molecule has 1 N–H and O–H groups in total. The van der Waals surface area contributed by atoms with Crippen LogP contribution >= 0.6 is 34.3 Å². The van der Waals surface area contributed by atoms with E-state index in [1.807, 2.05) is 22.2 Å². The number of amides is 1. The number of carbonyl (C=O) groups is 1. The van der Waals surface area contributed by atoms with Gasteiger partial charge < -0.3 is 10.1 Å². The molecule has 0 aliphatic heterocycles. The second kappa shape index (κ2) is 7.90. The van der Waals surface area contributed by atoms with E-state index in [0.29, 0.717) is 11.4 Å². The zero-order valence-electron chi connectivity index (χ0n) is 12.5. The van der Waals surface area contributed by atoms with Crippen molar-refractivity contribution in [3.63, 3.8) is 0 Å². The number of hydrogen-bond acceptors (Lipinski definition) is 5. The quantitative estimate of drug-likeness (QED) is 0.610. The van der Waals surface area contributed by atoms with Crippen LogP contribution < -0.4 is 10.1 Å². The number of anilines is 1. The zero-order chi connectivity index (χ0) is 17.8. The maximum atomic E-state index is 12.2. The van der Waals surface area contributed by atoms with Gasteiger partial charge in [0.1, 0.15) is 10.8 Å². The van der Waals surface area contributed by atoms with Gasteiger partial charge in [0.25, 0.3) is 0 Å². The van der Waals surface area contributed by atoms with Crippen molar-refractivity contribution in [1.29, 1.82) is 0 Å². The van der Waals surface area contributed by atoms with Gasteiger partial charge in [-0.25, -0.2) is 4.98 Å². The summed E-state index contributed by atoms with van der Waals surface area (Å²) in [5, 5.41) is 9.30. The molecule has 0 aliphatic carbocycles. The van der Waals surface area contributed by atoms with Crippen molar-refractivity contribution in [2.75, 3.05) is 5.32 Å². The van der Waals surface area contributed by atoms with Crippen molar-refractivity contribution < 1.29 is 18.3 Å². The second-order valence-corrected chi connectivity index (χ2v) is 6.95. The number of benzene rings is 1. The zero-order valence-corrected chi connectivity index (χ0v) is 14.9. The number of nitrogens with one attached hydrogen (secondary N) is 1. The fourth-order valence-electron chi connectivity index (χ4n) is 2.05. The van der Waals surface area contributed by atoms with Crippen molar-refractivity contribution in [1.82, 2.24) is 4.98 Å². The van der Waals surface area contributed by atoms with Gasteiger partial charge in [0.2, 0.25) is 5.91 Å². The molecule has 0 unspecified atom stereocenters. The molecule has 25 heavy (non-hydrogen) atoms. The summed E-state index contributed by atoms with van der Waals surface area (Å²) in [6.07, 6.45) is 0.105. The molecule has 0 saturated heterocycles. The topological polar surface area (TPSA) is 51.2 Å². The smallest absolute Gasteiger partial charge is 0.387 e. The van der Waals surface area contributed by atoms with E-state index in [0.717, 1.165) is 10.6 Å². The summed E-state index contributed by atoms with van der Waals surface area (Å²) in [4.78, 5) is 16.5. The number of alkyl halides is 2. The lowest BCUT2D eigenvalue weighted by atomic mass is 10.2. The molecule has 0 atom stereocenters. The van der Waals surface area contributed by atoms with E-state index < -0.39 is 6.61 Å². The van der Waals surface area contributed by atoms with Crippen molar-refractivity contribution in [3.8, 4) is 16.3 Å². The molecule has 0 fully saturated rings. The molecule has 3 aromatic rings. The van der Waals surface area contributed by atoms with Crippen molar-refractivity contribution in [3.05, 3.63) is 51.1 Å².